The molecule has 0 atom stereocenters. The second kappa shape index (κ2) is 8.06. The van der Waals surface area contributed by atoms with Crippen molar-refractivity contribution in [3.05, 3.63) is 0 Å². The van der Waals surface area contributed by atoms with E-state index in [0.29, 0.717) is 26.1 Å². The number of amides is 1. The summed E-state index contributed by atoms with van der Waals surface area (Å²) >= 11 is 0. The third-order valence-corrected chi connectivity index (χ3v) is 3.00. The summed E-state index contributed by atoms with van der Waals surface area (Å²) in [5.41, 5.74) is 5.72. The van der Waals surface area contributed by atoms with Gasteiger partial charge in [-0.25, -0.2) is 0 Å². The fourth-order valence-electron chi connectivity index (χ4n) is 1.60. The first-order valence-corrected chi connectivity index (χ1v) is 6.39. The lowest BCUT2D eigenvalue weighted by Crippen LogP contribution is -2.44. The summed E-state index contributed by atoms with van der Waals surface area (Å²) in [5.74, 6) is 0.0555. The normalized spacial score (nSPS) is 11.4. The first-order valence-electron chi connectivity index (χ1n) is 6.39. The molecule has 104 valence electrons. The fourth-order valence-corrected chi connectivity index (χ4v) is 1.60. The van der Waals surface area contributed by atoms with Crippen LogP contribution in [0.25, 0.3) is 0 Å². The molecule has 0 rings (SSSR count). The number of nitriles is 1. The quantitative estimate of drug-likeness (QED) is 0.691. The van der Waals surface area contributed by atoms with E-state index in [4.69, 9.17) is 11.0 Å². The number of hydrogen-bond acceptors (Lipinski definition) is 4. The minimum Gasteiger partial charge on any atom is -0.344 e. The Hall–Kier alpha value is -1.12. The van der Waals surface area contributed by atoms with Crippen molar-refractivity contribution in [2.45, 2.75) is 27.2 Å². The highest BCUT2D eigenvalue weighted by atomic mass is 16.2. The summed E-state index contributed by atoms with van der Waals surface area (Å²) in [4.78, 5) is 15.6. The van der Waals surface area contributed by atoms with Crippen molar-refractivity contribution in [1.82, 2.24) is 9.80 Å². The SMILES string of the molecule is CCN(CC(=O)N(C)CCC#N)CC(C)(C)CN. The zero-order valence-electron chi connectivity index (χ0n) is 12.1. The van der Waals surface area contributed by atoms with E-state index in [1.807, 2.05) is 13.0 Å². The van der Waals surface area contributed by atoms with Crippen molar-refractivity contribution in [2.75, 3.05) is 39.8 Å². The van der Waals surface area contributed by atoms with Gasteiger partial charge >= 0.3 is 0 Å². The van der Waals surface area contributed by atoms with Crippen LogP contribution in [0.4, 0.5) is 0 Å². The number of nitrogens with zero attached hydrogens (tertiary/aromatic N) is 3. The fraction of sp³-hybridized carbons (Fsp3) is 0.846. The van der Waals surface area contributed by atoms with Gasteiger partial charge < -0.3 is 10.6 Å². The van der Waals surface area contributed by atoms with Crippen LogP contribution in [0.1, 0.15) is 27.2 Å². The van der Waals surface area contributed by atoms with Crippen LogP contribution in [-0.4, -0.2) is 55.5 Å². The predicted molar refractivity (Wildman–Crippen MR) is 72.8 cm³/mol. The van der Waals surface area contributed by atoms with E-state index in [9.17, 15) is 4.79 Å². The monoisotopic (exact) mass is 254 g/mol. The molecule has 1 amide bonds. The van der Waals surface area contributed by atoms with Crippen LogP contribution >= 0.6 is 0 Å². The number of hydrogen-bond donors (Lipinski definition) is 1. The summed E-state index contributed by atoms with van der Waals surface area (Å²) in [6.07, 6.45) is 0.378. The Labute approximate surface area is 111 Å². The Morgan fingerprint density at radius 3 is 2.50 bits per heavy atom. The van der Waals surface area contributed by atoms with Crippen molar-refractivity contribution >= 4 is 5.91 Å². The lowest BCUT2D eigenvalue weighted by atomic mass is 9.93. The summed E-state index contributed by atoms with van der Waals surface area (Å²) in [6.45, 7) is 9.34. The third-order valence-electron chi connectivity index (χ3n) is 3.00. The average Bonchev–Trinajstić information content (AvgIpc) is 2.34. The first kappa shape index (κ1) is 16.9. The molecule has 0 fully saturated rings. The van der Waals surface area contributed by atoms with E-state index in [0.717, 1.165) is 13.1 Å². The molecule has 0 aromatic carbocycles. The minimum absolute atomic E-state index is 0.0154. The Kier molecular flexibility index (Phi) is 7.56. The van der Waals surface area contributed by atoms with Crippen molar-refractivity contribution < 1.29 is 4.79 Å². The van der Waals surface area contributed by atoms with E-state index in [2.05, 4.69) is 18.7 Å². The Bertz CT molecular complexity index is 296. The lowest BCUT2D eigenvalue weighted by molar-refractivity contribution is -0.131. The van der Waals surface area contributed by atoms with E-state index in [1.54, 1.807) is 11.9 Å². The van der Waals surface area contributed by atoms with Gasteiger partial charge in [0.15, 0.2) is 0 Å². The van der Waals surface area contributed by atoms with Crippen molar-refractivity contribution in [2.24, 2.45) is 11.1 Å². The summed E-state index contributed by atoms with van der Waals surface area (Å²) < 4.78 is 0. The maximum absolute atomic E-state index is 11.9. The molecule has 5 nitrogen and oxygen atoms in total. The standard InChI is InChI=1S/C13H26N4O/c1-5-17(11-13(2,3)10-15)9-12(18)16(4)8-6-7-14/h5-6,8-11,15H2,1-4H3. The molecule has 0 aliphatic heterocycles. The topological polar surface area (TPSA) is 73.4 Å². The molecule has 0 heterocycles. The highest BCUT2D eigenvalue weighted by Crippen LogP contribution is 2.14. The Morgan fingerprint density at radius 1 is 1.44 bits per heavy atom. The van der Waals surface area contributed by atoms with Crippen LogP contribution in [0.15, 0.2) is 0 Å². The average molecular weight is 254 g/mol. The molecule has 0 aliphatic rings. The third kappa shape index (κ3) is 6.58. The summed E-state index contributed by atoms with van der Waals surface area (Å²) in [5, 5.41) is 8.50. The highest BCUT2D eigenvalue weighted by Gasteiger charge is 2.21. The number of nitrogens with two attached hydrogens (primary N) is 1. The van der Waals surface area contributed by atoms with Crippen LogP contribution in [0.2, 0.25) is 0 Å². The van der Waals surface area contributed by atoms with E-state index in [1.165, 1.54) is 0 Å². The molecule has 0 saturated carbocycles. The van der Waals surface area contributed by atoms with Gasteiger partial charge in [0.25, 0.3) is 0 Å². The van der Waals surface area contributed by atoms with Gasteiger partial charge in [0.1, 0.15) is 0 Å². The van der Waals surface area contributed by atoms with Gasteiger partial charge in [-0.1, -0.05) is 20.8 Å². The zero-order chi connectivity index (χ0) is 14.2. The maximum atomic E-state index is 11.9. The van der Waals surface area contributed by atoms with Gasteiger partial charge in [0, 0.05) is 20.1 Å². The van der Waals surface area contributed by atoms with Gasteiger partial charge in [-0.15, -0.1) is 0 Å². The molecule has 0 radical (unpaired) electrons. The van der Waals surface area contributed by atoms with Crippen LogP contribution in [0, 0.1) is 16.7 Å². The molecule has 5 heteroatoms. The molecule has 0 saturated heterocycles. The molecule has 0 aliphatic carbocycles. The van der Waals surface area contributed by atoms with Gasteiger partial charge in [-0.3, -0.25) is 9.69 Å². The number of likely N-dealkylation sites (N-methyl/N-ethyl adjacent to an activating group) is 2. The van der Waals surface area contributed by atoms with Gasteiger partial charge in [-0.2, -0.15) is 5.26 Å². The highest BCUT2D eigenvalue weighted by molar-refractivity contribution is 5.78. The molecule has 2 N–H and O–H groups in total. The van der Waals surface area contributed by atoms with Crippen molar-refractivity contribution in [1.29, 1.82) is 5.26 Å². The first-order chi connectivity index (χ1) is 8.36. The summed E-state index contributed by atoms with van der Waals surface area (Å²) in [7, 11) is 1.74. The van der Waals surface area contributed by atoms with E-state index >= 15 is 0 Å². The largest absolute Gasteiger partial charge is 0.344 e. The Morgan fingerprint density at radius 2 is 2.06 bits per heavy atom. The van der Waals surface area contributed by atoms with Crippen LogP contribution in [0.5, 0.6) is 0 Å². The second-order valence-electron chi connectivity index (χ2n) is 5.40. The van der Waals surface area contributed by atoms with Crippen molar-refractivity contribution in [3.8, 4) is 6.07 Å². The van der Waals surface area contributed by atoms with E-state index < -0.39 is 0 Å². The predicted octanol–water partition coefficient (Wildman–Crippen LogP) is 0.665. The number of rotatable bonds is 8. The second-order valence-corrected chi connectivity index (χ2v) is 5.40. The molecular formula is C13H26N4O. The van der Waals surface area contributed by atoms with Crippen LogP contribution in [-0.2, 0) is 4.79 Å². The molecule has 0 aromatic heterocycles. The van der Waals surface area contributed by atoms with Gasteiger partial charge in [0.2, 0.25) is 5.91 Å². The van der Waals surface area contributed by atoms with Crippen LogP contribution in [0.3, 0.4) is 0 Å². The Balaban J connectivity index is 4.28. The molecular weight excluding hydrogens is 228 g/mol. The molecule has 18 heavy (non-hydrogen) atoms. The van der Waals surface area contributed by atoms with Gasteiger partial charge in [0.05, 0.1) is 19.0 Å². The number of carbonyl (C=O) groups excluding carboxylic acids is 1. The molecule has 0 bridgehead atoms. The molecule has 0 spiro atoms. The summed E-state index contributed by atoms with van der Waals surface area (Å²) in [6, 6.07) is 2.04. The molecule has 0 aromatic rings. The van der Waals surface area contributed by atoms with Crippen LogP contribution < -0.4 is 5.73 Å². The van der Waals surface area contributed by atoms with Crippen molar-refractivity contribution in [3.63, 3.8) is 0 Å². The molecule has 0 unspecified atom stereocenters. The smallest absolute Gasteiger partial charge is 0.236 e. The lowest BCUT2D eigenvalue weighted by Gasteiger charge is -2.31. The number of carbonyl (C=O) groups is 1. The maximum Gasteiger partial charge on any atom is 0.236 e. The van der Waals surface area contributed by atoms with E-state index in [-0.39, 0.29) is 11.3 Å². The minimum atomic E-state index is 0.0154. The van der Waals surface area contributed by atoms with Gasteiger partial charge in [-0.05, 0) is 18.5 Å². The zero-order valence-corrected chi connectivity index (χ0v) is 12.1.